The summed E-state index contributed by atoms with van der Waals surface area (Å²) in [6.07, 6.45) is -0.646. The Balaban J connectivity index is 2.16. The van der Waals surface area contributed by atoms with Gasteiger partial charge in [-0.15, -0.1) is 0 Å². The fourth-order valence-corrected chi connectivity index (χ4v) is 3.86. The van der Waals surface area contributed by atoms with Crippen LogP contribution in [-0.4, -0.2) is 33.8 Å². The number of hydrogen-bond acceptors (Lipinski definition) is 8. The van der Waals surface area contributed by atoms with Crippen LogP contribution in [0.15, 0.2) is 30.3 Å². The number of carbonyl (C=O) groups excluding carboxylic acids is 1. The van der Waals surface area contributed by atoms with Gasteiger partial charge in [-0.2, -0.15) is 0 Å². The van der Waals surface area contributed by atoms with Gasteiger partial charge in [0.15, 0.2) is 5.13 Å². The third-order valence-corrected chi connectivity index (χ3v) is 4.96. The minimum absolute atomic E-state index is 0.0839. The molecule has 30 heavy (non-hydrogen) atoms. The van der Waals surface area contributed by atoms with Gasteiger partial charge >= 0.3 is 6.09 Å². The van der Waals surface area contributed by atoms with Gasteiger partial charge in [-0.25, -0.2) is 9.78 Å². The van der Waals surface area contributed by atoms with Crippen molar-refractivity contribution in [3.63, 3.8) is 0 Å². The number of aliphatic hydroxyl groups is 1. The van der Waals surface area contributed by atoms with Crippen molar-refractivity contribution in [1.29, 1.82) is 0 Å². The fourth-order valence-electron chi connectivity index (χ4n) is 2.94. The smallest absolute Gasteiger partial charge is 0.413 e. The number of nitrogens with zero attached hydrogens (tertiary/aromatic N) is 2. The summed E-state index contributed by atoms with van der Waals surface area (Å²) < 4.78 is 11.4. The number of amides is 1. The van der Waals surface area contributed by atoms with Gasteiger partial charge in [-0.3, -0.25) is 15.4 Å². The van der Waals surface area contributed by atoms with E-state index in [1.165, 1.54) is 30.6 Å². The monoisotopic (exact) mass is 431 g/mol. The van der Waals surface area contributed by atoms with Gasteiger partial charge in [0.05, 0.1) is 34.4 Å². The summed E-state index contributed by atoms with van der Waals surface area (Å²) in [4.78, 5) is 27.3. The molecule has 0 aliphatic heterocycles. The maximum absolute atomic E-state index is 12.1. The van der Waals surface area contributed by atoms with Crippen molar-refractivity contribution in [2.75, 3.05) is 12.4 Å². The first-order chi connectivity index (χ1) is 14.1. The van der Waals surface area contributed by atoms with E-state index in [4.69, 9.17) is 9.47 Å². The first kappa shape index (κ1) is 21.5. The minimum atomic E-state index is -0.665. The van der Waals surface area contributed by atoms with Gasteiger partial charge in [-0.1, -0.05) is 23.5 Å². The molecule has 1 amide bonds. The van der Waals surface area contributed by atoms with Crippen LogP contribution in [0.2, 0.25) is 0 Å². The SMILES string of the molecule is COc1c(CO)cc2sc(NC(=O)OC(C)(C)C)nc2c1-c1cccc([N+](=O)[O-])c1. The summed E-state index contributed by atoms with van der Waals surface area (Å²) in [5.41, 5.74) is 1.24. The topological polar surface area (TPSA) is 124 Å². The van der Waals surface area contributed by atoms with Crippen LogP contribution in [0.1, 0.15) is 26.3 Å². The lowest BCUT2D eigenvalue weighted by atomic mass is 9.99. The van der Waals surface area contributed by atoms with Crippen LogP contribution >= 0.6 is 11.3 Å². The maximum Gasteiger partial charge on any atom is 0.413 e. The van der Waals surface area contributed by atoms with Gasteiger partial charge in [0, 0.05) is 17.7 Å². The van der Waals surface area contributed by atoms with Crippen LogP contribution in [0.25, 0.3) is 21.3 Å². The van der Waals surface area contributed by atoms with E-state index in [1.807, 2.05) is 0 Å². The number of methoxy groups -OCH3 is 1. The number of non-ortho nitro benzene ring substituents is 1. The Bertz CT molecular complexity index is 1120. The second-order valence-electron chi connectivity index (χ2n) is 7.40. The molecule has 10 heteroatoms. The number of aliphatic hydroxyl groups excluding tert-OH is 1. The molecule has 0 unspecified atom stereocenters. The van der Waals surface area contributed by atoms with Crippen LogP contribution in [0.4, 0.5) is 15.6 Å². The summed E-state index contributed by atoms with van der Waals surface area (Å²) in [5, 5.41) is 23.9. The molecule has 0 atom stereocenters. The minimum Gasteiger partial charge on any atom is -0.496 e. The Morgan fingerprint density at radius 1 is 1.33 bits per heavy atom. The molecule has 0 bridgehead atoms. The average molecular weight is 431 g/mol. The molecule has 0 fully saturated rings. The molecule has 3 rings (SSSR count). The Labute approximate surface area is 176 Å². The number of carbonyl (C=O) groups is 1. The number of hydrogen-bond donors (Lipinski definition) is 2. The molecule has 9 nitrogen and oxygen atoms in total. The number of ether oxygens (including phenoxy) is 2. The maximum atomic E-state index is 12.1. The summed E-state index contributed by atoms with van der Waals surface area (Å²) in [7, 11) is 1.45. The van der Waals surface area contributed by atoms with Crippen molar-refractivity contribution in [1.82, 2.24) is 4.98 Å². The molecule has 2 aromatic carbocycles. The van der Waals surface area contributed by atoms with Crippen LogP contribution in [0.5, 0.6) is 5.75 Å². The number of thiazole rings is 1. The predicted molar refractivity (Wildman–Crippen MR) is 114 cm³/mol. The Morgan fingerprint density at radius 2 is 2.07 bits per heavy atom. The highest BCUT2D eigenvalue weighted by Crippen LogP contribution is 2.43. The van der Waals surface area contributed by atoms with E-state index in [-0.39, 0.29) is 12.3 Å². The molecule has 158 valence electrons. The number of aromatic nitrogens is 1. The third kappa shape index (κ3) is 4.50. The van der Waals surface area contributed by atoms with Gasteiger partial charge < -0.3 is 14.6 Å². The molecule has 1 heterocycles. The average Bonchev–Trinajstić information content (AvgIpc) is 3.06. The number of nitro benzene ring substituents is 1. The first-order valence-corrected chi connectivity index (χ1v) is 9.80. The van der Waals surface area contributed by atoms with E-state index in [0.717, 1.165) is 0 Å². The van der Waals surface area contributed by atoms with E-state index in [2.05, 4.69) is 10.3 Å². The largest absolute Gasteiger partial charge is 0.496 e. The van der Waals surface area contributed by atoms with Gasteiger partial charge in [0.2, 0.25) is 0 Å². The molecule has 0 spiro atoms. The Hall–Kier alpha value is -3.24. The zero-order valence-electron chi connectivity index (χ0n) is 16.9. The number of nitro groups is 1. The molecular weight excluding hydrogens is 410 g/mol. The lowest BCUT2D eigenvalue weighted by molar-refractivity contribution is -0.384. The van der Waals surface area contributed by atoms with Crippen molar-refractivity contribution in [2.24, 2.45) is 0 Å². The summed E-state index contributed by atoms with van der Waals surface area (Å²) in [6, 6.07) is 7.79. The first-order valence-electron chi connectivity index (χ1n) is 8.99. The zero-order chi connectivity index (χ0) is 22.1. The van der Waals surface area contributed by atoms with Crippen LogP contribution in [-0.2, 0) is 11.3 Å². The second kappa shape index (κ2) is 8.25. The third-order valence-electron chi connectivity index (χ3n) is 4.04. The van der Waals surface area contributed by atoms with E-state index in [1.54, 1.807) is 39.0 Å². The molecule has 2 N–H and O–H groups in total. The molecule has 0 radical (unpaired) electrons. The Morgan fingerprint density at radius 3 is 2.67 bits per heavy atom. The highest BCUT2D eigenvalue weighted by atomic mass is 32.1. The standard InChI is InChI=1S/C20H21N3O6S/c1-20(2,3)29-19(25)22-18-21-16-14(30-18)9-12(10-24)17(28-4)15(16)11-6-5-7-13(8-11)23(26)27/h5-9,24H,10H2,1-4H3,(H,21,22,25). The number of rotatable bonds is 5. The number of nitrogens with one attached hydrogen (secondary N) is 1. The predicted octanol–water partition coefficient (Wildman–Crippen LogP) is 4.72. The molecule has 0 aliphatic carbocycles. The van der Waals surface area contributed by atoms with Crippen LogP contribution < -0.4 is 10.1 Å². The van der Waals surface area contributed by atoms with E-state index in [9.17, 15) is 20.0 Å². The Kier molecular flexibility index (Phi) is 5.90. The molecule has 1 aromatic heterocycles. The highest BCUT2D eigenvalue weighted by molar-refractivity contribution is 7.22. The van der Waals surface area contributed by atoms with Crippen molar-refractivity contribution < 1.29 is 24.3 Å². The molecule has 0 saturated heterocycles. The molecule has 0 saturated carbocycles. The van der Waals surface area contributed by atoms with Gasteiger partial charge in [-0.05, 0) is 32.4 Å². The van der Waals surface area contributed by atoms with Crippen molar-refractivity contribution >= 4 is 38.5 Å². The molecular formula is C20H21N3O6S. The zero-order valence-corrected chi connectivity index (χ0v) is 17.7. The van der Waals surface area contributed by atoms with Crippen molar-refractivity contribution in [3.05, 3.63) is 46.0 Å². The van der Waals surface area contributed by atoms with E-state index >= 15 is 0 Å². The highest BCUT2D eigenvalue weighted by Gasteiger charge is 2.22. The summed E-state index contributed by atoms with van der Waals surface area (Å²) in [5.74, 6) is 0.361. The normalized spacial score (nSPS) is 11.4. The van der Waals surface area contributed by atoms with E-state index in [0.29, 0.717) is 37.8 Å². The van der Waals surface area contributed by atoms with Gasteiger partial charge in [0.1, 0.15) is 11.4 Å². The second-order valence-corrected chi connectivity index (χ2v) is 8.43. The molecule has 0 aliphatic rings. The lowest BCUT2D eigenvalue weighted by Gasteiger charge is -2.18. The molecule has 3 aromatic rings. The van der Waals surface area contributed by atoms with Crippen LogP contribution in [0.3, 0.4) is 0 Å². The number of fused-ring (bicyclic) bond motifs is 1. The quantitative estimate of drug-likeness (QED) is 0.442. The van der Waals surface area contributed by atoms with E-state index < -0.39 is 16.6 Å². The number of benzene rings is 2. The van der Waals surface area contributed by atoms with Gasteiger partial charge in [0.25, 0.3) is 5.69 Å². The van der Waals surface area contributed by atoms with Crippen molar-refractivity contribution in [2.45, 2.75) is 33.0 Å². The fraction of sp³-hybridized carbons (Fsp3) is 0.300. The lowest BCUT2D eigenvalue weighted by Crippen LogP contribution is -2.27. The summed E-state index contributed by atoms with van der Waals surface area (Å²) >= 11 is 1.20. The van der Waals surface area contributed by atoms with Crippen molar-refractivity contribution in [3.8, 4) is 16.9 Å². The summed E-state index contributed by atoms with van der Waals surface area (Å²) in [6.45, 7) is 4.96. The van der Waals surface area contributed by atoms with Crippen LogP contribution in [0, 0.1) is 10.1 Å². The number of anilines is 1.